The zero-order chi connectivity index (χ0) is 32.0. The maximum absolute atomic E-state index is 6.43. The third kappa shape index (κ3) is 6.55. The van der Waals surface area contributed by atoms with Gasteiger partial charge in [-0.2, -0.15) is 17.2 Å². The predicted octanol–water partition coefficient (Wildman–Crippen LogP) is 10.3. The molecule has 0 fully saturated rings. The van der Waals surface area contributed by atoms with E-state index < -0.39 is 0 Å². The summed E-state index contributed by atoms with van der Waals surface area (Å²) >= 11 is 0. The van der Waals surface area contributed by atoms with Gasteiger partial charge in [-0.15, -0.1) is 35.7 Å². The van der Waals surface area contributed by atoms with Crippen LogP contribution in [-0.2, 0) is 27.5 Å². The number of hydrogen-bond donors (Lipinski definition) is 0. The van der Waals surface area contributed by atoms with Crippen LogP contribution in [0.2, 0.25) is 0 Å². The van der Waals surface area contributed by atoms with Gasteiger partial charge >= 0.3 is 21.1 Å². The average Bonchev–Trinajstić information content (AvgIpc) is 3.52. The van der Waals surface area contributed by atoms with Crippen molar-refractivity contribution in [3.8, 4) is 34.1 Å². The number of benzene rings is 4. The number of aromatic nitrogens is 4. The summed E-state index contributed by atoms with van der Waals surface area (Å²) in [6.07, 6.45) is 4.03. The molecule has 3 heterocycles. The van der Waals surface area contributed by atoms with E-state index >= 15 is 0 Å². The van der Waals surface area contributed by atoms with Crippen molar-refractivity contribution in [2.45, 2.75) is 54.4 Å². The van der Waals surface area contributed by atoms with Gasteiger partial charge in [0, 0.05) is 34.5 Å². The molecule has 0 N–H and O–H groups in total. The van der Waals surface area contributed by atoms with Crippen molar-refractivity contribution >= 4 is 21.8 Å². The van der Waals surface area contributed by atoms with Crippen molar-refractivity contribution in [3.05, 3.63) is 132 Å². The summed E-state index contributed by atoms with van der Waals surface area (Å²) in [5.74, 6) is 2.08. The van der Waals surface area contributed by atoms with E-state index in [-0.39, 0.29) is 26.5 Å². The van der Waals surface area contributed by atoms with Crippen LogP contribution in [0.4, 0.5) is 0 Å². The zero-order valence-corrected chi connectivity index (χ0v) is 29.9. The molecule has 0 bridgehead atoms. The first kappa shape index (κ1) is 32.5. The van der Waals surface area contributed by atoms with Crippen LogP contribution in [0.3, 0.4) is 0 Å². The Morgan fingerprint density at radius 1 is 0.787 bits per heavy atom. The SMILES string of the molecule is Cc1ccnc(-n2c3[c-]c(Oc4[c-]c(-n5nc(C)c(-c6ccccc6)c5C)ccc4)ccc3c3cc(CCC(C)(C)C)ccc32)c1.[Pt+2]. The molecule has 0 unspecified atom stereocenters. The number of fused-ring (bicyclic) bond motifs is 3. The second kappa shape index (κ2) is 13.0. The molecule has 0 aliphatic rings. The third-order valence-electron chi connectivity index (χ3n) is 8.56. The first-order chi connectivity index (χ1) is 22.1. The van der Waals surface area contributed by atoms with Gasteiger partial charge in [0.1, 0.15) is 5.82 Å². The molecule has 5 nitrogen and oxygen atoms in total. The largest absolute Gasteiger partial charge is 2.00 e. The van der Waals surface area contributed by atoms with E-state index in [1.54, 1.807) is 0 Å². The quantitative estimate of drug-likeness (QED) is 0.151. The molecule has 4 aromatic carbocycles. The van der Waals surface area contributed by atoms with Crippen LogP contribution >= 0.6 is 0 Å². The van der Waals surface area contributed by atoms with Crippen LogP contribution in [0.5, 0.6) is 11.5 Å². The molecule has 0 aliphatic carbocycles. The van der Waals surface area contributed by atoms with E-state index in [2.05, 4.69) is 106 Å². The van der Waals surface area contributed by atoms with E-state index in [9.17, 15) is 0 Å². The van der Waals surface area contributed by atoms with E-state index in [0.29, 0.717) is 11.5 Å². The van der Waals surface area contributed by atoms with Gasteiger partial charge in [0.05, 0.1) is 5.69 Å². The molecule has 0 saturated heterocycles. The number of aryl methyl sites for hydroxylation is 3. The van der Waals surface area contributed by atoms with Crippen molar-refractivity contribution in [1.82, 2.24) is 19.3 Å². The standard InChI is InChI=1S/C41H38N4O.Pt/c1-27-20-22-42-39(23-27)44-37-18-15-30(19-21-41(4,5)6)24-36(37)35-17-16-34(26-38(35)44)46-33-14-10-13-32(25-33)45-29(3)40(28(2)43-45)31-11-8-7-9-12-31;/h7-18,20,22-24H,19,21H2,1-6H3;/q-2;+2. The van der Waals surface area contributed by atoms with Gasteiger partial charge in [-0.3, -0.25) is 4.68 Å². The minimum atomic E-state index is 0. The van der Waals surface area contributed by atoms with E-state index in [4.69, 9.17) is 14.8 Å². The number of rotatable bonds is 7. The maximum atomic E-state index is 6.43. The summed E-state index contributed by atoms with van der Waals surface area (Å²) in [6, 6.07) is 38.4. The van der Waals surface area contributed by atoms with E-state index in [1.807, 2.05) is 54.2 Å². The summed E-state index contributed by atoms with van der Waals surface area (Å²) in [6.45, 7) is 13.1. The molecule has 0 amide bonds. The Balaban J connectivity index is 0.00000386. The van der Waals surface area contributed by atoms with Gasteiger partial charge in [0.2, 0.25) is 0 Å². The van der Waals surface area contributed by atoms with Gasteiger partial charge in [0.25, 0.3) is 0 Å². The zero-order valence-electron chi connectivity index (χ0n) is 27.7. The molecule has 0 radical (unpaired) electrons. The Morgan fingerprint density at radius 2 is 1.57 bits per heavy atom. The molecule has 0 atom stereocenters. The Labute approximate surface area is 291 Å². The van der Waals surface area contributed by atoms with Crippen molar-refractivity contribution in [2.24, 2.45) is 5.41 Å². The number of nitrogens with zero attached hydrogens (tertiary/aromatic N) is 4. The third-order valence-corrected chi connectivity index (χ3v) is 8.56. The molecule has 238 valence electrons. The number of ether oxygens (including phenoxy) is 1. The Bertz CT molecular complexity index is 2210. The molecule has 7 aromatic rings. The van der Waals surface area contributed by atoms with Crippen molar-refractivity contribution in [2.75, 3.05) is 0 Å². The molecular formula is C41H38N4OPt. The second-order valence-electron chi connectivity index (χ2n) is 13.3. The first-order valence-electron chi connectivity index (χ1n) is 15.9. The van der Waals surface area contributed by atoms with Gasteiger partial charge in [-0.05, 0) is 85.0 Å². The van der Waals surface area contributed by atoms with Crippen LogP contribution in [0, 0.1) is 38.3 Å². The summed E-state index contributed by atoms with van der Waals surface area (Å²) in [5.41, 5.74) is 9.95. The van der Waals surface area contributed by atoms with E-state index in [1.165, 1.54) is 10.9 Å². The van der Waals surface area contributed by atoms with Crippen LogP contribution in [0.15, 0.2) is 97.2 Å². The topological polar surface area (TPSA) is 44.9 Å². The van der Waals surface area contributed by atoms with Gasteiger partial charge in [-0.1, -0.05) is 68.8 Å². The Kier molecular flexibility index (Phi) is 8.96. The minimum Gasteiger partial charge on any atom is -0.509 e. The fourth-order valence-corrected chi connectivity index (χ4v) is 6.22. The molecule has 7 rings (SSSR count). The Hall–Kier alpha value is -4.47. The van der Waals surface area contributed by atoms with Crippen molar-refractivity contribution < 1.29 is 25.8 Å². The molecule has 0 saturated carbocycles. The van der Waals surface area contributed by atoms with Crippen LogP contribution < -0.4 is 4.74 Å². The summed E-state index contributed by atoms with van der Waals surface area (Å²) in [5, 5.41) is 7.18. The minimum absolute atomic E-state index is 0. The molecular weight excluding hydrogens is 760 g/mol. The summed E-state index contributed by atoms with van der Waals surface area (Å²) in [4.78, 5) is 4.76. The molecule has 0 spiro atoms. The van der Waals surface area contributed by atoms with E-state index in [0.717, 1.165) is 68.8 Å². The number of pyridine rings is 1. The van der Waals surface area contributed by atoms with Gasteiger partial charge in [0.15, 0.2) is 0 Å². The summed E-state index contributed by atoms with van der Waals surface area (Å²) in [7, 11) is 0. The number of hydrogen-bond acceptors (Lipinski definition) is 3. The molecule has 47 heavy (non-hydrogen) atoms. The monoisotopic (exact) mass is 797 g/mol. The fraction of sp³-hybridized carbons (Fsp3) is 0.220. The van der Waals surface area contributed by atoms with Crippen molar-refractivity contribution in [1.29, 1.82) is 0 Å². The second-order valence-corrected chi connectivity index (χ2v) is 13.3. The smallest absolute Gasteiger partial charge is 0.509 e. The fourth-order valence-electron chi connectivity index (χ4n) is 6.22. The maximum Gasteiger partial charge on any atom is 2.00 e. The predicted molar refractivity (Wildman–Crippen MR) is 187 cm³/mol. The van der Waals surface area contributed by atoms with Crippen LogP contribution in [-0.4, -0.2) is 19.3 Å². The molecule has 3 aromatic heterocycles. The average molecular weight is 798 g/mol. The first-order valence-corrected chi connectivity index (χ1v) is 15.9. The summed E-state index contributed by atoms with van der Waals surface area (Å²) < 4.78 is 10.6. The van der Waals surface area contributed by atoms with Gasteiger partial charge < -0.3 is 9.30 Å². The van der Waals surface area contributed by atoms with Gasteiger partial charge in [-0.25, -0.2) is 4.98 Å². The Morgan fingerprint density at radius 3 is 2.34 bits per heavy atom. The van der Waals surface area contributed by atoms with Crippen molar-refractivity contribution in [3.63, 3.8) is 0 Å². The van der Waals surface area contributed by atoms with Crippen LogP contribution in [0.25, 0.3) is 44.4 Å². The molecule has 6 heteroatoms. The normalized spacial score (nSPS) is 11.6. The molecule has 0 aliphatic heterocycles. The van der Waals surface area contributed by atoms with Crippen LogP contribution in [0.1, 0.15) is 49.7 Å².